The van der Waals surface area contributed by atoms with Crippen LogP contribution in [0.2, 0.25) is 0 Å². The topological polar surface area (TPSA) is 48.8 Å². The molecule has 0 fully saturated rings. The van der Waals surface area contributed by atoms with E-state index in [0.29, 0.717) is 5.82 Å². The first-order valence-electron chi connectivity index (χ1n) is 17.2. The Morgan fingerprint density at radius 2 is 1.04 bits per heavy atom. The van der Waals surface area contributed by atoms with Crippen molar-refractivity contribution in [2.75, 3.05) is 0 Å². The van der Waals surface area contributed by atoms with Gasteiger partial charge in [-0.2, -0.15) is 0 Å². The van der Waals surface area contributed by atoms with E-state index in [1.54, 1.807) is 0 Å². The molecule has 0 spiro atoms. The number of benzene rings is 7. The Balaban J connectivity index is 1.25. The van der Waals surface area contributed by atoms with Gasteiger partial charge in [-0.05, 0) is 66.7 Å². The van der Waals surface area contributed by atoms with Gasteiger partial charge in [-0.25, -0.2) is 9.97 Å². The Morgan fingerprint density at radius 1 is 0.431 bits per heavy atom. The number of hydrogen-bond acceptors (Lipinski definition) is 3. The molecule has 11 aromatic rings. The zero-order valence-electron chi connectivity index (χ0n) is 27.4. The highest BCUT2D eigenvalue weighted by Crippen LogP contribution is 2.42. The molecule has 4 heterocycles. The van der Waals surface area contributed by atoms with Crippen molar-refractivity contribution in [3.8, 4) is 34.0 Å². The molecular weight excluding hydrogens is 625 g/mol. The van der Waals surface area contributed by atoms with Gasteiger partial charge in [0.2, 0.25) is 0 Å². The predicted molar refractivity (Wildman–Crippen MR) is 209 cm³/mol. The quantitative estimate of drug-likeness (QED) is 0.190. The molecule has 7 aromatic carbocycles. The number of aromatic nitrogens is 4. The van der Waals surface area contributed by atoms with E-state index in [4.69, 9.17) is 14.4 Å². The molecule has 0 saturated carbocycles. The van der Waals surface area contributed by atoms with Crippen LogP contribution < -0.4 is 0 Å². The van der Waals surface area contributed by atoms with Crippen molar-refractivity contribution < 1.29 is 4.42 Å². The molecule has 5 heteroatoms. The zero-order valence-corrected chi connectivity index (χ0v) is 27.4. The molecule has 5 nitrogen and oxygen atoms in total. The van der Waals surface area contributed by atoms with Crippen LogP contribution in [-0.2, 0) is 0 Å². The average Bonchev–Trinajstić information content (AvgIpc) is 3.86. The normalized spacial score (nSPS) is 11.9. The number of furan rings is 1. The largest absolute Gasteiger partial charge is 0.455 e. The highest BCUT2D eigenvalue weighted by atomic mass is 16.3. The molecule has 11 rings (SSSR count). The molecule has 0 amide bonds. The van der Waals surface area contributed by atoms with Crippen molar-refractivity contribution in [3.05, 3.63) is 170 Å². The summed E-state index contributed by atoms with van der Waals surface area (Å²) in [4.78, 5) is 10.9. The van der Waals surface area contributed by atoms with Crippen molar-refractivity contribution >= 4 is 65.7 Å². The third-order valence-corrected chi connectivity index (χ3v) is 10.1. The van der Waals surface area contributed by atoms with Gasteiger partial charge < -0.3 is 13.6 Å². The lowest BCUT2D eigenvalue weighted by Crippen LogP contribution is -2.00. The highest BCUT2D eigenvalue weighted by Gasteiger charge is 2.24. The Bertz CT molecular complexity index is 3130. The van der Waals surface area contributed by atoms with Crippen LogP contribution in [0.1, 0.15) is 0 Å². The Hall–Kier alpha value is -6.98. The van der Waals surface area contributed by atoms with Crippen molar-refractivity contribution in [3.63, 3.8) is 0 Å². The van der Waals surface area contributed by atoms with Crippen LogP contribution in [0.3, 0.4) is 0 Å². The van der Waals surface area contributed by atoms with Crippen LogP contribution >= 0.6 is 0 Å². The lowest BCUT2D eigenvalue weighted by molar-refractivity contribution is 0.670. The monoisotopic (exact) mass is 652 g/mol. The van der Waals surface area contributed by atoms with Crippen molar-refractivity contribution in [2.24, 2.45) is 0 Å². The van der Waals surface area contributed by atoms with Gasteiger partial charge in [0.25, 0.3) is 0 Å². The second-order valence-corrected chi connectivity index (χ2v) is 13.0. The summed E-state index contributed by atoms with van der Waals surface area (Å²) in [5.41, 5.74) is 11.8. The lowest BCUT2D eigenvalue weighted by atomic mass is 10.0. The summed E-state index contributed by atoms with van der Waals surface area (Å²) in [6.07, 6.45) is 0. The number of para-hydroxylation sites is 6. The number of fused-ring (bicyclic) bond motifs is 9. The molecule has 0 aliphatic carbocycles. The third-order valence-electron chi connectivity index (χ3n) is 10.1. The van der Waals surface area contributed by atoms with Gasteiger partial charge >= 0.3 is 0 Å². The van der Waals surface area contributed by atoms with E-state index in [1.807, 2.05) is 18.2 Å². The summed E-state index contributed by atoms with van der Waals surface area (Å²) in [7, 11) is 0. The summed E-state index contributed by atoms with van der Waals surface area (Å²) in [5, 5.41) is 5.56. The first-order chi connectivity index (χ1) is 25.3. The van der Waals surface area contributed by atoms with E-state index in [-0.39, 0.29) is 0 Å². The molecule has 0 aliphatic rings. The fourth-order valence-corrected chi connectivity index (χ4v) is 7.91. The van der Waals surface area contributed by atoms with E-state index in [9.17, 15) is 0 Å². The highest BCUT2D eigenvalue weighted by molar-refractivity contribution is 6.16. The number of nitrogens with zero attached hydrogens (tertiary/aromatic N) is 4. The molecule has 0 unspecified atom stereocenters. The van der Waals surface area contributed by atoms with Gasteiger partial charge in [0.05, 0.1) is 22.1 Å². The van der Waals surface area contributed by atoms with Gasteiger partial charge in [0, 0.05) is 49.4 Å². The maximum atomic E-state index is 6.63. The second kappa shape index (κ2) is 10.8. The van der Waals surface area contributed by atoms with Gasteiger partial charge in [0.15, 0.2) is 5.82 Å². The van der Waals surface area contributed by atoms with Crippen LogP contribution in [-0.4, -0.2) is 19.1 Å². The SMILES string of the molecule is c1ccc(-n2c3ccccc3c3cc(-c4nc(-c5cccc6c5oc5ccccc56)c5c(n4)c4ccccc4n5-c4ccccc4)ccc32)cc1. The van der Waals surface area contributed by atoms with Crippen LogP contribution in [0.25, 0.3) is 99.7 Å². The molecule has 238 valence electrons. The molecule has 0 saturated heterocycles. The zero-order chi connectivity index (χ0) is 33.5. The van der Waals surface area contributed by atoms with Crippen LogP contribution in [0.5, 0.6) is 0 Å². The fraction of sp³-hybridized carbons (Fsp3) is 0. The van der Waals surface area contributed by atoms with Crippen LogP contribution in [0.4, 0.5) is 0 Å². The summed E-state index contributed by atoms with van der Waals surface area (Å²) < 4.78 is 11.3. The second-order valence-electron chi connectivity index (χ2n) is 13.0. The molecule has 0 aliphatic heterocycles. The number of hydrogen-bond donors (Lipinski definition) is 0. The molecule has 4 aromatic heterocycles. The Labute approximate surface area is 292 Å². The van der Waals surface area contributed by atoms with E-state index >= 15 is 0 Å². The van der Waals surface area contributed by atoms with E-state index in [2.05, 4.69) is 161 Å². The maximum Gasteiger partial charge on any atom is 0.160 e. The molecular formula is C46H28N4O. The molecule has 51 heavy (non-hydrogen) atoms. The fourth-order valence-electron chi connectivity index (χ4n) is 7.91. The Kier molecular flexibility index (Phi) is 5.89. The van der Waals surface area contributed by atoms with Gasteiger partial charge in [-0.3, -0.25) is 0 Å². The van der Waals surface area contributed by atoms with Crippen molar-refractivity contribution in [1.29, 1.82) is 0 Å². The predicted octanol–water partition coefficient (Wildman–Crippen LogP) is 11.9. The average molecular weight is 653 g/mol. The minimum Gasteiger partial charge on any atom is -0.455 e. The van der Waals surface area contributed by atoms with Crippen LogP contribution in [0, 0.1) is 0 Å². The summed E-state index contributed by atoms with van der Waals surface area (Å²) >= 11 is 0. The summed E-state index contributed by atoms with van der Waals surface area (Å²) in [5.74, 6) is 0.667. The molecule has 0 radical (unpaired) electrons. The molecule has 0 N–H and O–H groups in total. The maximum absolute atomic E-state index is 6.63. The van der Waals surface area contributed by atoms with E-state index in [0.717, 1.165) is 88.5 Å². The first-order valence-corrected chi connectivity index (χ1v) is 17.2. The Morgan fingerprint density at radius 3 is 1.82 bits per heavy atom. The number of rotatable bonds is 4. The van der Waals surface area contributed by atoms with Crippen molar-refractivity contribution in [2.45, 2.75) is 0 Å². The summed E-state index contributed by atoms with van der Waals surface area (Å²) in [6.45, 7) is 0. The summed E-state index contributed by atoms with van der Waals surface area (Å²) in [6, 6.07) is 59.3. The van der Waals surface area contributed by atoms with Crippen LogP contribution in [0.15, 0.2) is 174 Å². The standard InChI is InChI=1S/C46H28N4O/c1-3-14-30(15-4-1)49-38-23-10-7-18-32(38)37-28-29(26-27-40(37)49)46-47-42-35-20-8-11-24-39(35)50(31-16-5-2-6-17-31)44(42)43(48-46)36-22-13-21-34-33-19-9-12-25-41(33)51-45(34)36/h1-28H. The van der Waals surface area contributed by atoms with Gasteiger partial charge in [0.1, 0.15) is 22.4 Å². The van der Waals surface area contributed by atoms with Gasteiger partial charge in [-0.15, -0.1) is 0 Å². The lowest BCUT2D eigenvalue weighted by Gasteiger charge is -2.13. The third kappa shape index (κ3) is 4.09. The minimum absolute atomic E-state index is 0.667. The smallest absolute Gasteiger partial charge is 0.160 e. The van der Waals surface area contributed by atoms with E-state index < -0.39 is 0 Å². The van der Waals surface area contributed by atoms with Crippen molar-refractivity contribution in [1.82, 2.24) is 19.1 Å². The minimum atomic E-state index is 0.667. The van der Waals surface area contributed by atoms with E-state index in [1.165, 1.54) is 5.39 Å². The molecule has 0 bridgehead atoms. The van der Waals surface area contributed by atoms with Gasteiger partial charge in [-0.1, -0.05) is 103 Å². The molecule has 0 atom stereocenters. The first kappa shape index (κ1) is 27.9.